The Labute approximate surface area is 154 Å². The van der Waals surface area contributed by atoms with Crippen molar-refractivity contribution in [3.63, 3.8) is 0 Å². The minimum absolute atomic E-state index is 0.0341. The molecule has 0 aliphatic carbocycles. The molecule has 0 amide bonds. The van der Waals surface area contributed by atoms with E-state index in [9.17, 15) is 4.39 Å². The highest BCUT2D eigenvalue weighted by molar-refractivity contribution is 5.44. The number of halogens is 1. The van der Waals surface area contributed by atoms with Crippen LogP contribution in [0.2, 0.25) is 0 Å². The molecule has 2 aliphatic heterocycles. The van der Waals surface area contributed by atoms with Crippen LogP contribution in [0, 0.1) is 11.7 Å². The Hall–Kier alpha value is -2.07. The SMILES string of the molecule is C[C@H]1CC[C@H]2[C@H](O1)c1cc(OCc3ccc(F)cc3)ccc1OC2(C)C. The molecule has 0 radical (unpaired) electrons. The molecule has 138 valence electrons. The summed E-state index contributed by atoms with van der Waals surface area (Å²) in [5, 5.41) is 0. The Kier molecular flexibility index (Phi) is 4.39. The molecule has 1 fully saturated rings. The number of hydrogen-bond donors (Lipinski definition) is 0. The molecule has 26 heavy (non-hydrogen) atoms. The number of rotatable bonds is 3. The fourth-order valence-corrected chi connectivity index (χ4v) is 4.02. The van der Waals surface area contributed by atoms with E-state index in [2.05, 4.69) is 20.8 Å². The third-order valence-corrected chi connectivity index (χ3v) is 5.50. The minimum atomic E-state index is -0.242. The van der Waals surface area contributed by atoms with Crippen molar-refractivity contribution in [2.75, 3.05) is 0 Å². The van der Waals surface area contributed by atoms with Crippen molar-refractivity contribution in [2.24, 2.45) is 5.92 Å². The third-order valence-electron chi connectivity index (χ3n) is 5.50. The molecule has 4 heteroatoms. The van der Waals surface area contributed by atoms with E-state index in [0.717, 1.165) is 35.5 Å². The monoisotopic (exact) mass is 356 g/mol. The van der Waals surface area contributed by atoms with Gasteiger partial charge in [-0.25, -0.2) is 4.39 Å². The van der Waals surface area contributed by atoms with Gasteiger partial charge < -0.3 is 14.2 Å². The average Bonchev–Trinajstić information content (AvgIpc) is 2.61. The molecule has 2 aliphatic rings. The van der Waals surface area contributed by atoms with Crippen molar-refractivity contribution in [2.45, 2.75) is 58.0 Å². The third kappa shape index (κ3) is 3.30. The topological polar surface area (TPSA) is 27.7 Å². The van der Waals surface area contributed by atoms with Gasteiger partial charge >= 0.3 is 0 Å². The summed E-state index contributed by atoms with van der Waals surface area (Å²) in [5.74, 6) is 1.74. The quantitative estimate of drug-likeness (QED) is 0.734. The highest BCUT2D eigenvalue weighted by Gasteiger charge is 2.46. The number of ether oxygens (including phenoxy) is 3. The largest absolute Gasteiger partial charge is 0.489 e. The lowest BCUT2D eigenvalue weighted by molar-refractivity contribution is -0.144. The van der Waals surface area contributed by atoms with Crippen LogP contribution >= 0.6 is 0 Å². The van der Waals surface area contributed by atoms with Gasteiger partial charge in [-0.15, -0.1) is 0 Å². The van der Waals surface area contributed by atoms with Gasteiger partial charge in [0.2, 0.25) is 0 Å². The first kappa shape index (κ1) is 17.3. The van der Waals surface area contributed by atoms with Crippen molar-refractivity contribution in [1.82, 2.24) is 0 Å². The van der Waals surface area contributed by atoms with Gasteiger partial charge in [0.15, 0.2) is 0 Å². The second-order valence-electron chi connectivity index (χ2n) is 7.87. The van der Waals surface area contributed by atoms with E-state index in [-0.39, 0.29) is 23.6 Å². The van der Waals surface area contributed by atoms with Gasteiger partial charge in [-0.3, -0.25) is 0 Å². The van der Waals surface area contributed by atoms with Crippen molar-refractivity contribution in [3.8, 4) is 11.5 Å². The van der Waals surface area contributed by atoms with Crippen molar-refractivity contribution < 1.29 is 18.6 Å². The lowest BCUT2D eigenvalue weighted by atomic mass is 9.75. The van der Waals surface area contributed by atoms with Crippen LogP contribution in [-0.4, -0.2) is 11.7 Å². The van der Waals surface area contributed by atoms with Crippen LogP contribution in [0.1, 0.15) is 50.8 Å². The van der Waals surface area contributed by atoms with E-state index in [0.29, 0.717) is 12.5 Å². The van der Waals surface area contributed by atoms with Gasteiger partial charge in [0, 0.05) is 11.5 Å². The summed E-state index contributed by atoms with van der Waals surface area (Å²) in [6, 6.07) is 12.3. The van der Waals surface area contributed by atoms with E-state index in [4.69, 9.17) is 14.2 Å². The van der Waals surface area contributed by atoms with Crippen molar-refractivity contribution in [1.29, 1.82) is 0 Å². The van der Waals surface area contributed by atoms with Gasteiger partial charge in [0.1, 0.15) is 29.5 Å². The maximum Gasteiger partial charge on any atom is 0.126 e. The Morgan fingerprint density at radius 1 is 1.12 bits per heavy atom. The molecule has 2 aromatic carbocycles. The average molecular weight is 356 g/mol. The van der Waals surface area contributed by atoms with Crippen molar-refractivity contribution in [3.05, 3.63) is 59.4 Å². The molecule has 3 atom stereocenters. The van der Waals surface area contributed by atoms with E-state index >= 15 is 0 Å². The van der Waals surface area contributed by atoms with E-state index in [1.807, 2.05) is 18.2 Å². The van der Waals surface area contributed by atoms with Crippen LogP contribution in [0.5, 0.6) is 11.5 Å². The summed E-state index contributed by atoms with van der Waals surface area (Å²) < 4.78 is 31.5. The highest BCUT2D eigenvalue weighted by Crippen LogP contribution is 2.51. The first-order valence-electron chi connectivity index (χ1n) is 9.28. The molecule has 0 N–H and O–H groups in total. The highest BCUT2D eigenvalue weighted by atomic mass is 19.1. The Bertz CT molecular complexity index is 784. The smallest absolute Gasteiger partial charge is 0.126 e. The molecular weight excluding hydrogens is 331 g/mol. The summed E-state index contributed by atoms with van der Waals surface area (Å²) in [7, 11) is 0. The molecule has 0 aromatic heterocycles. The predicted molar refractivity (Wildman–Crippen MR) is 97.9 cm³/mol. The summed E-state index contributed by atoms with van der Waals surface area (Å²) >= 11 is 0. The zero-order valence-electron chi connectivity index (χ0n) is 15.5. The van der Waals surface area contributed by atoms with Gasteiger partial charge in [-0.1, -0.05) is 12.1 Å². The summed E-state index contributed by atoms with van der Waals surface area (Å²) in [6.07, 6.45) is 2.44. The molecule has 0 spiro atoms. The second kappa shape index (κ2) is 6.58. The van der Waals surface area contributed by atoms with Crippen LogP contribution in [-0.2, 0) is 11.3 Å². The second-order valence-corrected chi connectivity index (χ2v) is 7.87. The summed E-state index contributed by atoms with van der Waals surface area (Å²) in [6.45, 7) is 6.82. The molecule has 2 aromatic rings. The van der Waals surface area contributed by atoms with E-state index in [1.54, 1.807) is 12.1 Å². The summed E-state index contributed by atoms with van der Waals surface area (Å²) in [5.41, 5.74) is 1.76. The molecular formula is C22H25FO3. The Balaban J connectivity index is 1.57. The lowest BCUT2D eigenvalue weighted by Crippen LogP contribution is -2.48. The maximum atomic E-state index is 13.0. The molecule has 1 saturated heterocycles. The van der Waals surface area contributed by atoms with Gasteiger partial charge in [-0.05, 0) is 69.5 Å². The van der Waals surface area contributed by atoms with Crippen molar-refractivity contribution >= 4 is 0 Å². The lowest BCUT2D eigenvalue weighted by Gasteiger charge is -2.48. The fraction of sp³-hybridized carbons (Fsp3) is 0.455. The van der Waals surface area contributed by atoms with E-state index < -0.39 is 0 Å². The van der Waals surface area contributed by atoms with E-state index in [1.165, 1.54) is 12.1 Å². The predicted octanol–water partition coefficient (Wildman–Crippen LogP) is 5.43. The van der Waals surface area contributed by atoms with Crippen LogP contribution in [0.15, 0.2) is 42.5 Å². The fourth-order valence-electron chi connectivity index (χ4n) is 4.02. The normalized spacial score (nSPS) is 26.4. The molecule has 3 nitrogen and oxygen atoms in total. The zero-order valence-corrected chi connectivity index (χ0v) is 15.5. The van der Waals surface area contributed by atoms with Gasteiger partial charge in [0.25, 0.3) is 0 Å². The van der Waals surface area contributed by atoms with Crippen LogP contribution in [0.25, 0.3) is 0 Å². The van der Waals surface area contributed by atoms with Crippen LogP contribution in [0.3, 0.4) is 0 Å². The zero-order chi connectivity index (χ0) is 18.3. The summed E-state index contributed by atoms with van der Waals surface area (Å²) in [4.78, 5) is 0. The van der Waals surface area contributed by atoms with Crippen LogP contribution in [0.4, 0.5) is 4.39 Å². The minimum Gasteiger partial charge on any atom is -0.489 e. The Morgan fingerprint density at radius 3 is 2.65 bits per heavy atom. The van der Waals surface area contributed by atoms with Gasteiger partial charge in [0.05, 0.1) is 12.2 Å². The first-order valence-corrected chi connectivity index (χ1v) is 9.28. The molecule has 0 unspecified atom stereocenters. The number of hydrogen-bond acceptors (Lipinski definition) is 3. The first-order chi connectivity index (χ1) is 12.4. The number of fused-ring (bicyclic) bond motifs is 3. The molecule has 2 heterocycles. The Morgan fingerprint density at radius 2 is 1.88 bits per heavy atom. The van der Waals surface area contributed by atoms with Crippen LogP contribution < -0.4 is 9.47 Å². The van der Waals surface area contributed by atoms with Gasteiger partial charge in [-0.2, -0.15) is 0 Å². The number of benzene rings is 2. The standard InChI is InChI=1S/C22H25FO3/c1-14-4-10-19-21(25-14)18-12-17(9-11-20(18)26-22(19,2)3)24-13-15-5-7-16(23)8-6-15/h5-9,11-12,14,19,21H,4,10,13H2,1-3H3/t14-,19-,21+/m0/s1. The molecule has 4 rings (SSSR count). The maximum absolute atomic E-state index is 13.0. The molecule has 0 saturated carbocycles. The molecule has 0 bridgehead atoms.